The van der Waals surface area contributed by atoms with Gasteiger partial charge in [0, 0.05) is 25.7 Å². The summed E-state index contributed by atoms with van der Waals surface area (Å²) in [7, 11) is 1.65. The van der Waals surface area contributed by atoms with Gasteiger partial charge in [-0.3, -0.25) is 4.90 Å². The lowest BCUT2D eigenvalue weighted by atomic mass is 10.1. The van der Waals surface area contributed by atoms with E-state index >= 15 is 0 Å². The monoisotopic (exact) mass is 465 g/mol. The van der Waals surface area contributed by atoms with E-state index in [0.717, 1.165) is 48.5 Å². The number of nitrogens with zero attached hydrogens (tertiary/aromatic N) is 3. The predicted octanol–water partition coefficient (Wildman–Crippen LogP) is 5.99. The zero-order chi connectivity index (χ0) is 24.5. The van der Waals surface area contributed by atoms with Crippen LogP contribution in [0.2, 0.25) is 0 Å². The molecule has 0 unspecified atom stereocenters. The first kappa shape index (κ1) is 25.8. The molecule has 1 aromatic heterocycles. The molecule has 184 valence electrons. The van der Waals surface area contributed by atoms with E-state index in [-0.39, 0.29) is 6.10 Å². The highest BCUT2D eigenvalue weighted by atomic mass is 16.5. The van der Waals surface area contributed by atoms with Crippen molar-refractivity contribution in [3.63, 3.8) is 0 Å². The van der Waals surface area contributed by atoms with E-state index in [0.29, 0.717) is 30.6 Å². The summed E-state index contributed by atoms with van der Waals surface area (Å²) in [4.78, 5) is 2.32. The van der Waals surface area contributed by atoms with Crippen molar-refractivity contribution in [2.75, 3.05) is 20.2 Å². The molecule has 1 heterocycles. The van der Waals surface area contributed by atoms with Crippen molar-refractivity contribution in [3.8, 4) is 23.1 Å². The first-order chi connectivity index (χ1) is 16.4. The summed E-state index contributed by atoms with van der Waals surface area (Å²) in [5, 5.41) is 15.5. The van der Waals surface area contributed by atoms with E-state index in [9.17, 15) is 5.11 Å². The number of unbranched alkanes of at least 4 members (excludes halogenated alkanes) is 1. The molecule has 0 aliphatic rings. The predicted molar refractivity (Wildman–Crippen MR) is 137 cm³/mol. The molecule has 1 N–H and O–H groups in total. The number of para-hydroxylation sites is 1. The zero-order valence-electron chi connectivity index (χ0n) is 21.2. The van der Waals surface area contributed by atoms with E-state index in [2.05, 4.69) is 25.7 Å². The Bertz CT molecular complexity index is 1020. The molecule has 6 nitrogen and oxygen atoms in total. The smallest absolute Gasteiger partial charge is 0.227 e. The van der Waals surface area contributed by atoms with Crippen molar-refractivity contribution in [1.82, 2.24) is 14.7 Å². The third kappa shape index (κ3) is 7.08. The van der Waals surface area contributed by atoms with Gasteiger partial charge in [0.2, 0.25) is 5.88 Å². The van der Waals surface area contributed by atoms with Crippen LogP contribution in [0, 0.1) is 12.8 Å². The van der Waals surface area contributed by atoms with Crippen molar-refractivity contribution >= 4 is 0 Å². The van der Waals surface area contributed by atoms with E-state index in [1.807, 2.05) is 66.2 Å². The van der Waals surface area contributed by atoms with Gasteiger partial charge >= 0.3 is 0 Å². The van der Waals surface area contributed by atoms with Crippen LogP contribution in [0.25, 0.3) is 5.69 Å². The van der Waals surface area contributed by atoms with Crippen LogP contribution in [-0.4, -0.2) is 46.1 Å². The van der Waals surface area contributed by atoms with Gasteiger partial charge in [-0.15, -0.1) is 0 Å². The second-order valence-electron chi connectivity index (χ2n) is 9.28. The minimum absolute atomic E-state index is 0.342. The number of aryl methyl sites for hydroxylation is 1. The second kappa shape index (κ2) is 12.6. The SMILES string of the molecule is CCCC[C@@H](O)CN(Cc1c(C)nn(-c2ccccc2)c1Oc1cccc(OC)c1)CC(C)C. The lowest BCUT2D eigenvalue weighted by Crippen LogP contribution is -2.35. The van der Waals surface area contributed by atoms with Gasteiger partial charge < -0.3 is 14.6 Å². The largest absolute Gasteiger partial charge is 0.497 e. The molecule has 2 aromatic carbocycles. The Morgan fingerprint density at radius 2 is 1.76 bits per heavy atom. The molecule has 1 atom stereocenters. The van der Waals surface area contributed by atoms with Crippen LogP contribution < -0.4 is 9.47 Å². The van der Waals surface area contributed by atoms with Crippen LogP contribution >= 0.6 is 0 Å². The Morgan fingerprint density at radius 3 is 2.44 bits per heavy atom. The van der Waals surface area contributed by atoms with E-state index < -0.39 is 0 Å². The molecule has 0 aliphatic carbocycles. The summed E-state index contributed by atoms with van der Waals surface area (Å²) in [6, 6.07) is 17.6. The quantitative estimate of drug-likeness (QED) is 0.336. The van der Waals surface area contributed by atoms with E-state index in [1.54, 1.807) is 7.11 Å². The van der Waals surface area contributed by atoms with Crippen LogP contribution in [0.3, 0.4) is 0 Å². The number of aliphatic hydroxyl groups excluding tert-OH is 1. The van der Waals surface area contributed by atoms with Gasteiger partial charge in [0.1, 0.15) is 11.5 Å². The van der Waals surface area contributed by atoms with Gasteiger partial charge in [0.05, 0.1) is 30.2 Å². The molecule has 34 heavy (non-hydrogen) atoms. The minimum Gasteiger partial charge on any atom is -0.497 e. The molecular weight excluding hydrogens is 426 g/mol. The fraction of sp³-hybridized carbons (Fsp3) is 0.464. The number of hydrogen-bond acceptors (Lipinski definition) is 5. The van der Waals surface area contributed by atoms with Gasteiger partial charge in [-0.25, -0.2) is 4.68 Å². The standard InChI is InChI=1S/C28H39N3O3/c1-6-7-14-24(32)19-30(18-21(2)3)20-27-22(4)29-31(23-12-9-8-10-13-23)28(27)34-26-16-11-15-25(17-26)33-5/h8-13,15-17,21,24,32H,6-7,14,18-20H2,1-5H3/t24-/m1/s1. The van der Waals surface area contributed by atoms with Gasteiger partial charge in [-0.1, -0.05) is 57.9 Å². The molecule has 0 saturated carbocycles. The normalized spacial score (nSPS) is 12.4. The molecule has 0 fully saturated rings. The van der Waals surface area contributed by atoms with Crippen LogP contribution in [-0.2, 0) is 6.54 Å². The van der Waals surface area contributed by atoms with Gasteiger partial charge in [0.25, 0.3) is 0 Å². The maximum atomic E-state index is 10.6. The Labute approximate surface area is 204 Å². The molecule has 3 aromatic rings. The van der Waals surface area contributed by atoms with Crippen LogP contribution in [0.1, 0.15) is 51.3 Å². The first-order valence-corrected chi connectivity index (χ1v) is 12.3. The molecule has 0 bridgehead atoms. The van der Waals surface area contributed by atoms with E-state index in [4.69, 9.17) is 14.6 Å². The molecule has 3 rings (SSSR count). The minimum atomic E-state index is -0.342. The number of benzene rings is 2. The molecule has 0 radical (unpaired) electrons. The topological polar surface area (TPSA) is 59.8 Å². The molecule has 6 heteroatoms. The Balaban J connectivity index is 1.97. The van der Waals surface area contributed by atoms with Gasteiger partial charge in [-0.05, 0) is 43.5 Å². The highest BCUT2D eigenvalue weighted by Crippen LogP contribution is 2.33. The molecule has 0 aliphatic heterocycles. The van der Waals surface area contributed by atoms with Crippen molar-refractivity contribution in [1.29, 1.82) is 0 Å². The number of aromatic nitrogens is 2. The van der Waals surface area contributed by atoms with Crippen LogP contribution in [0.4, 0.5) is 0 Å². The fourth-order valence-corrected chi connectivity index (χ4v) is 4.12. The lowest BCUT2D eigenvalue weighted by Gasteiger charge is -2.27. The van der Waals surface area contributed by atoms with Gasteiger partial charge in [0.15, 0.2) is 0 Å². The summed E-state index contributed by atoms with van der Waals surface area (Å²) in [6.45, 7) is 10.8. The third-order valence-electron chi connectivity index (χ3n) is 5.76. The average molecular weight is 466 g/mol. The van der Waals surface area contributed by atoms with Crippen LogP contribution in [0.15, 0.2) is 54.6 Å². The Hall–Kier alpha value is -2.83. The summed E-state index contributed by atoms with van der Waals surface area (Å²) < 4.78 is 13.7. The maximum Gasteiger partial charge on any atom is 0.227 e. The van der Waals surface area contributed by atoms with Crippen molar-refractivity contribution < 1.29 is 14.6 Å². The highest BCUT2D eigenvalue weighted by Gasteiger charge is 2.23. The number of hydrogen-bond donors (Lipinski definition) is 1. The van der Waals surface area contributed by atoms with Crippen molar-refractivity contribution in [2.24, 2.45) is 5.92 Å². The first-order valence-electron chi connectivity index (χ1n) is 12.3. The Kier molecular flexibility index (Phi) is 9.54. The summed E-state index contributed by atoms with van der Waals surface area (Å²) in [5.74, 6) is 2.59. The number of rotatable bonds is 13. The summed E-state index contributed by atoms with van der Waals surface area (Å²) in [6.07, 6.45) is 2.60. The molecular formula is C28H39N3O3. The Morgan fingerprint density at radius 1 is 1.03 bits per heavy atom. The summed E-state index contributed by atoms with van der Waals surface area (Å²) >= 11 is 0. The van der Waals surface area contributed by atoms with Crippen molar-refractivity contribution in [2.45, 2.75) is 59.6 Å². The molecule has 0 spiro atoms. The lowest BCUT2D eigenvalue weighted by molar-refractivity contribution is 0.0927. The van der Waals surface area contributed by atoms with Crippen molar-refractivity contribution in [3.05, 3.63) is 65.9 Å². The number of aliphatic hydroxyl groups is 1. The number of ether oxygens (including phenoxy) is 2. The highest BCUT2D eigenvalue weighted by molar-refractivity contribution is 5.44. The second-order valence-corrected chi connectivity index (χ2v) is 9.28. The zero-order valence-corrected chi connectivity index (χ0v) is 21.2. The number of methoxy groups -OCH3 is 1. The molecule has 0 saturated heterocycles. The van der Waals surface area contributed by atoms with Crippen LogP contribution in [0.5, 0.6) is 17.4 Å². The maximum absolute atomic E-state index is 10.6. The summed E-state index contributed by atoms with van der Waals surface area (Å²) in [5.41, 5.74) is 2.88. The molecule has 0 amide bonds. The third-order valence-corrected chi connectivity index (χ3v) is 5.76. The van der Waals surface area contributed by atoms with E-state index in [1.165, 1.54) is 0 Å². The fourth-order valence-electron chi connectivity index (χ4n) is 4.12. The van der Waals surface area contributed by atoms with Gasteiger partial charge in [-0.2, -0.15) is 5.10 Å². The average Bonchev–Trinajstić information content (AvgIpc) is 3.12.